The summed E-state index contributed by atoms with van der Waals surface area (Å²) in [5.74, 6) is -0.403. The Hall–Kier alpha value is -0.610. The number of carbonyl (C=O) groups excluding carboxylic acids is 1. The summed E-state index contributed by atoms with van der Waals surface area (Å²) in [6, 6.07) is -0.529. The molecule has 15 heavy (non-hydrogen) atoms. The van der Waals surface area contributed by atoms with Crippen molar-refractivity contribution in [3.63, 3.8) is 0 Å². The first kappa shape index (κ1) is 14.4. The van der Waals surface area contributed by atoms with Gasteiger partial charge < -0.3 is 15.6 Å². The molecule has 0 fully saturated rings. The van der Waals surface area contributed by atoms with E-state index in [-0.39, 0.29) is 13.2 Å². The van der Waals surface area contributed by atoms with Gasteiger partial charge in [0.15, 0.2) is 0 Å². The number of esters is 1. The van der Waals surface area contributed by atoms with Gasteiger partial charge in [0.1, 0.15) is 12.6 Å². The second-order valence-corrected chi connectivity index (χ2v) is 3.70. The average molecular weight is 217 g/mol. The van der Waals surface area contributed by atoms with Gasteiger partial charge in [0.25, 0.3) is 0 Å². The van der Waals surface area contributed by atoms with E-state index in [9.17, 15) is 4.79 Å². The van der Waals surface area contributed by atoms with Crippen molar-refractivity contribution in [2.75, 3.05) is 13.2 Å². The first-order valence-corrected chi connectivity index (χ1v) is 5.75. The van der Waals surface area contributed by atoms with Gasteiger partial charge in [0.2, 0.25) is 0 Å². The van der Waals surface area contributed by atoms with E-state index in [1.807, 2.05) is 0 Å². The Labute approximate surface area is 91.8 Å². The number of ether oxygens (including phenoxy) is 1. The average Bonchev–Trinajstić information content (AvgIpc) is 2.25. The summed E-state index contributed by atoms with van der Waals surface area (Å²) in [6.07, 6.45) is 6.42. The number of hydrogen-bond donors (Lipinski definition) is 2. The van der Waals surface area contributed by atoms with Crippen LogP contribution in [-0.2, 0) is 9.53 Å². The lowest BCUT2D eigenvalue weighted by Crippen LogP contribution is -2.32. The predicted molar refractivity (Wildman–Crippen MR) is 59.4 cm³/mol. The number of aliphatic hydroxyl groups is 1. The summed E-state index contributed by atoms with van der Waals surface area (Å²) in [7, 11) is 0. The maximum absolute atomic E-state index is 11.2. The molecule has 0 aromatic carbocycles. The third kappa shape index (κ3) is 8.39. The molecule has 1 atom stereocenters. The lowest BCUT2D eigenvalue weighted by Gasteiger charge is -2.10. The van der Waals surface area contributed by atoms with Crippen molar-refractivity contribution < 1.29 is 14.6 Å². The van der Waals surface area contributed by atoms with Crippen LogP contribution in [0.1, 0.15) is 45.4 Å². The Kier molecular flexibility index (Phi) is 9.52. The van der Waals surface area contributed by atoms with Crippen LogP contribution in [0.2, 0.25) is 0 Å². The van der Waals surface area contributed by atoms with Crippen molar-refractivity contribution in [2.45, 2.75) is 51.5 Å². The molecule has 0 amide bonds. The maximum Gasteiger partial charge on any atom is 0.322 e. The van der Waals surface area contributed by atoms with E-state index in [1.54, 1.807) is 0 Å². The quantitative estimate of drug-likeness (QED) is 0.450. The van der Waals surface area contributed by atoms with Gasteiger partial charge in [-0.1, -0.05) is 39.0 Å². The van der Waals surface area contributed by atoms with E-state index in [0.29, 0.717) is 6.42 Å². The van der Waals surface area contributed by atoms with E-state index >= 15 is 0 Å². The van der Waals surface area contributed by atoms with Crippen molar-refractivity contribution >= 4 is 5.97 Å². The largest absolute Gasteiger partial charge is 0.462 e. The fourth-order valence-electron chi connectivity index (χ4n) is 1.34. The molecule has 0 aliphatic rings. The van der Waals surface area contributed by atoms with Gasteiger partial charge in [-0.05, 0) is 6.42 Å². The molecule has 90 valence electrons. The normalized spacial score (nSPS) is 12.5. The number of nitrogens with two attached hydrogens (primary N) is 1. The van der Waals surface area contributed by atoms with Crippen LogP contribution in [0.25, 0.3) is 0 Å². The minimum Gasteiger partial charge on any atom is -0.462 e. The number of carbonyl (C=O) groups is 1. The molecule has 0 aliphatic carbocycles. The van der Waals surface area contributed by atoms with Gasteiger partial charge in [-0.25, -0.2) is 0 Å². The van der Waals surface area contributed by atoms with E-state index in [1.165, 1.54) is 19.3 Å². The zero-order chi connectivity index (χ0) is 11.5. The molecule has 4 heteroatoms. The molecule has 0 aromatic heterocycles. The molecule has 1 unspecified atom stereocenters. The number of unbranched alkanes of at least 4 members (excludes halogenated alkanes) is 4. The van der Waals surface area contributed by atoms with Gasteiger partial charge in [0, 0.05) is 0 Å². The molecule has 0 bridgehead atoms. The van der Waals surface area contributed by atoms with Crippen LogP contribution in [0, 0.1) is 0 Å². The SMILES string of the molecule is CCCCCCCC(N)C(=O)OCCO. The third-order valence-electron chi connectivity index (χ3n) is 2.26. The molecule has 4 nitrogen and oxygen atoms in total. The van der Waals surface area contributed by atoms with E-state index in [0.717, 1.165) is 12.8 Å². The summed E-state index contributed by atoms with van der Waals surface area (Å²) >= 11 is 0. The van der Waals surface area contributed by atoms with Gasteiger partial charge in [-0.15, -0.1) is 0 Å². The first-order valence-electron chi connectivity index (χ1n) is 5.75. The fraction of sp³-hybridized carbons (Fsp3) is 0.909. The highest BCUT2D eigenvalue weighted by Gasteiger charge is 2.13. The Morgan fingerprint density at radius 3 is 2.60 bits per heavy atom. The molecule has 0 spiro atoms. The molecule has 0 aliphatic heterocycles. The lowest BCUT2D eigenvalue weighted by molar-refractivity contribution is -0.146. The highest BCUT2D eigenvalue weighted by atomic mass is 16.5. The highest BCUT2D eigenvalue weighted by Crippen LogP contribution is 2.06. The Bertz CT molecular complexity index is 162. The summed E-state index contributed by atoms with van der Waals surface area (Å²) in [5.41, 5.74) is 5.62. The van der Waals surface area contributed by atoms with Crippen molar-refractivity contribution in [2.24, 2.45) is 5.73 Å². The standard InChI is InChI=1S/C11H23NO3/c1-2-3-4-5-6-7-10(12)11(14)15-9-8-13/h10,13H,2-9,12H2,1H3. The fourth-order valence-corrected chi connectivity index (χ4v) is 1.34. The summed E-state index contributed by atoms with van der Waals surface area (Å²) in [6.45, 7) is 2.06. The van der Waals surface area contributed by atoms with Gasteiger partial charge in [0.05, 0.1) is 6.61 Å². The molecule has 0 saturated heterocycles. The Balaban J connectivity index is 3.38. The molecule has 0 saturated carbocycles. The van der Waals surface area contributed by atoms with Gasteiger partial charge >= 0.3 is 5.97 Å². The summed E-state index contributed by atoms with van der Waals surface area (Å²) in [4.78, 5) is 11.2. The predicted octanol–water partition coefficient (Wildman–Crippen LogP) is 1.21. The molecular formula is C11H23NO3. The molecule has 3 N–H and O–H groups in total. The summed E-state index contributed by atoms with van der Waals surface area (Å²) in [5, 5.41) is 8.45. The third-order valence-corrected chi connectivity index (χ3v) is 2.26. The molecule has 0 rings (SSSR count). The van der Waals surface area contributed by atoms with Crippen LogP contribution >= 0.6 is 0 Å². The van der Waals surface area contributed by atoms with E-state index in [2.05, 4.69) is 6.92 Å². The van der Waals surface area contributed by atoms with Crippen LogP contribution in [0.15, 0.2) is 0 Å². The second-order valence-electron chi connectivity index (χ2n) is 3.70. The van der Waals surface area contributed by atoms with Crippen LogP contribution in [0.5, 0.6) is 0 Å². The molecule has 0 heterocycles. The zero-order valence-electron chi connectivity index (χ0n) is 9.58. The Morgan fingerprint density at radius 1 is 1.33 bits per heavy atom. The first-order chi connectivity index (χ1) is 7.22. The van der Waals surface area contributed by atoms with Crippen molar-refractivity contribution in [3.8, 4) is 0 Å². The number of hydrogen-bond acceptors (Lipinski definition) is 4. The van der Waals surface area contributed by atoms with Crippen molar-refractivity contribution in [3.05, 3.63) is 0 Å². The summed E-state index contributed by atoms with van der Waals surface area (Å²) < 4.78 is 4.72. The number of aliphatic hydroxyl groups excluding tert-OH is 1. The monoisotopic (exact) mass is 217 g/mol. The lowest BCUT2D eigenvalue weighted by atomic mass is 10.1. The van der Waals surface area contributed by atoms with Crippen molar-refractivity contribution in [1.82, 2.24) is 0 Å². The maximum atomic E-state index is 11.2. The van der Waals surface area contributed by atoms with Crippen LogP contribution in [0.4, 0.5) is 0 Å². The van der Waals surface area contributed by atoms with E-state index < -0.39 is 12.0 Å². The Morgan fingerprint density at radius 2 is 2.00 bits per heavy atom. The molecule has 0 aromatic rings. The van der Waals surface area contributed by atoms with Crippen LogP contribution in [-0.4, -0.2) is 30.3 Å². The van der Waals surface area contributed by atoms with Crippen molar-refractivity contribution in [1.29, 1.82) is 0 Å². The van der Waals surface area contributed by atoms with Gasteiger partial charge in [-0.2, -0.15) is 0 Å². The van der Waals surface area contributed by atoms with E-state index in [4.69, 9.17) is 15.6 Å². The molecular weight excluding hydrogens is 194 g/mol. The zero-order valence-corrected chi connectivity index (χ0v) is 9.58. The minimum absolute atomic E-state index is 0.0440. The minimum atomic E-state index is -0.529. The molecule has 0 radical (unpaired) electrons. The topological polar surface area (TPSA) is 72.6 Å². The second kappa shape index (κ2) is 9.93. The number of rotatable bonds is 9. The highest BCUT2D eigenvalue weighted by molar-refractivity contribution is 5.75. The van der Waals surface area contributed by atoms with Gasteiger partial charge in [-0.3, -0.25) is 4.79 Å². The van der Waals surface area contributed by atoms with Crippen LogP contribution < -0.4 is 5.73 Å². The van der Waals surface area contributed by atoms with Crippen LogP contribution in [0.3, 0.4) is 0 Å². The smallest absolute Gasteiger partial charge is 0.322 e.